The lowest BCUT2D eigenvalue weighted by atomic mass is 9.88. The number of hydrogen-bond acceptors (Lipinski definition) is 13. The highest BCUT2D eigenvalue weighted by atomic mass is 16.7. The molecule has 2 heterocycles. The molecule has 0 bridgehead atoms. The van der Waals surface area contributed by atoms with E-state index < -0.39 is 91.2 Å². The summed E-state index contributed by atoms with van der Waals surface area (Å²) in [5.74, 6) is -1.75. The van der Waals surface area contributed by atoms with Gasteiger partial charge in [-0.2, -0.15) is 0 Å². The largest absolute Gasteiger partial charge is 0.508 e. The Kier molecular flexibility index (Phi) is 8.75. The van der Waals surface area contributed by atoms with Crippen molar-refractivity contribution in [3.8, 4) is 17.2 Å². The predicted octanol–water partition coefficient (Wildman–Crippen LogP) is -1.40. The SMILES string of the molecule is O=C(CCc1cccc(O)c1)c1ccc(O)c(C2OC(CO)C(O)C(O)C2OC2OCC(O)(CO)C2O)c1O. The lowest BCUT2D eigenvalue weighted by Gasteiger charge is -2.43. The van der Waals surface area contributed by atoms with E-state index in [0.29, 0.717) is 5.56 Å². The van der Waals surface area contributed by atoms with E-state index in [1.54, 1.807) is 12.1 Å². The van der Waals surface area contributed by atoms with Gasteiger partial charge in [0.15, 0.2) is 12.1 Å². The molecular weight excluding hydrogens is 520 g/mol. The van der Waals surface area contributed by atoms with Crippen molar-refractivity contribution in [1.29, 1.82) is 0 Å². The first-order chi connectivity index (χ1) is 18.5. The fraction of sp³-hybridized carbons (Fsp3) is 0.500. The van der Waals surface area contributed by atoms with Crippen molar-refractivity contribution in [3.63, 3.8) is 0 Å². The maximum absolute atomic E-state index is 13.0. The van der Waals surface area contributed by atoms with Gasteiger partial charge in [-0.25, -0.2) is 0 Å². The molecule has 2 aliphatic heterocycles. The van der Waals surface area contributed by atoms with Crippen LogP contribution < -0.4 is 0 Å². The number of phenols is 3. The fourth-order valence-corrected chi connectivity index (χ4v) is 4.75. The third kappa shape index (κ3) is 5.72. The number of ether oxygens (including phenoxy) is 3. The molecule has 0 aliphatic carbocycles. The minimum atomic E-state index is -2.07. The van der Waals surface area contributed by atoms with Gasteiger partial charge < -0.3 is 60.2 Å². The molecule has 2 aromatic carbocycles. The molecule has 2 aliphatic rings. The molecule has 13 heteroatoms. The zero-order valence-corrected chi connectivity index (χ0v) is 20.7. The molecule has 4 rings (SSSR count). The summed E-state index contributed by atoms with van der Waals surface area (Å²) >= 11 is 0. The topological polar surface area (TPSA) is 227 Å². The van der Waals surface area contributed by atoms with E-state index in [1.807, 2.05) is 0 Å². The summed E-state index contributed by atoms with van der Waals surface area (Å²) in [5.41, 5.74) is -1.98. The minimum Gasteiger partial charge on any atom is -0.508 e. The van der Waals surface area contributed by atoms with Gasteiger partial charge in [-0.15, -0.1) is 0 Å². The lowest BCUT2D eigenvalue weighted by Crippen LogP contribution is -2.58. The fourth-order valence-electron chi connectivity index (χ4n) is 4.75. The molecule has 2 saturated heterocycles. The molecule has 0 radical (unpaired) electrons. The second-order valence-corrected chi connectivity index (χ2v) is 9.73. The molecule has 2 aromatic rings. The van der Waals surface area contributed by atoms with Gasteiger partial charge in [0.1, 0.15) is 59.5 Å². The molecule has 0 aromatic heterocycles. The number of aromatic hydroxyl groups is 3. The van der Waals surface area contributed by atoms with Crippen molar-refractivity contribution in [2.45, 2.75) is 61.4 Å². The van der Waals surface area contributed by atoms with E-state index >= 15 is 0 Å². The monoisotopic (exact) mass is 552 g/mol. The molecule has 39 heavy (non-hydrogen) atoms. The normalized spacial score (nSPS) is 32.8. The number of phenolic OH excluding ortho intramolecular Hbond substituents is 3. The van der Waals surface area contributed by atoms with Crippen molar-refractivity contribution in [2.24, 2.45) is 0 Å². The highest BCUT2D eigenvalue weighted by molar-refractivity contribution is 5.99. The summed E-state index contributed by atoms with van der Waals surface area (Å²) in [6.07, 6.45) is -11.4. The molecule has 0 saturated carbocycles. The zero-order chi connectivity index (χ0) is 28.5. The summed E-state index contributed by atoms with van der Waals surface area (Å²) in [5, 5.41) is 92.4. The highest BCUT2D eigenvalue weighted by Gasteiger charge is 2.53. The number of aliphatic hydroxyl groups excluding tert-OH is 5. The first-order valence-electron chi connectivity index (χ1n) is 12.3. The minimum absolute atomic E-state index is 0.0307. The predicted molar refractivity (Wildman–Crippen MR) is 130 cm³/mol. The van der Waals surface area contributed by atoms with Crippen molar-refractivity contribution in [3.05, 3.63) is 53.1 Å². The smallest absolute Gasteiger partial charge is 0.187 e. The number of carbonyl (C=O) groups is 1. The van der Waals surface area contributed by atoms with Gasteiger partial charge in [-0.05, 0) is 36.2 Å². The third-order valence-corrected chi connectivity index (χ3v) is 7.07. The Hall–Kier alpha value is -2.85. The standard InChI is InChI=1S/C26H32O13/c27-9-17-20(33)21(34)23(39-25-24(35)26(36,10-28)11-37-25)22(38-17)18-16(31)7-5-14(19(18)32)15(30)6-4-12-2-1-3-13(29)8-12/h1-3,5,7-8,17,20-25,27-29,31-36H,4,6,9-11H2. The van der Waals surface area contributed by atoms with E-state index in [9.17, 15) is 50.8 Å². The Morgan fingerprint density at radius 1 is 1.05 bits per heavy atom. The number of hydrogen-bond donors (Lipinski definition) is 9. The maximum Gasteiger partial charge on any atom is 0.187 e. The molecule has 214 valence electrons. The van der Waals surface area contributed by atoms with Crippen LogP contribution in [0.5, 0.6) is 17.2 Å². The average molecular weight is 553 g/mol. The number of Topliss-reactive ketones (excluding diaryl/α,β-unsaturated/α-hetero) is 1. The van der Waals surface area contributed by atoms with E-state index in [0.717, 1.165) is 6.07 Å². The number of aryl methyl sites for hydroxylation is 1. The Bertz CT molecular complexity index is 1170. The van der Waals surface area contributed by atoms with Crippen molar-refractivity contribution in [2.75, 3.05) is 19.8 Å². The third-order valence-electron chi connectivity index (χ3n) is 7.07. The maximum atomic E-state index is 13.0. The van der Waals surface area contributed by atoms with Crippen LogP contribution in [-0.2, 0) is 20.6 Å². The summed E-state index contributed by atoms with van der Waals surface area (Å²) in [6, 6.07) is 8.62. The molecule has 2 fully saturated rings. The summed E-state index contributed by atoms with van der Waals surface area (Å²) < 4.78 is 16.6. The second-order valence-electron chi connectivity index (χ2n) is 9.73. The van der Waals surface area contributed by atoms with Crippen LogP contribution in [0.2, 0.25) is 0 Å². The number of ketones is 1. The van der Waals surface area contributed by atoms with Gasteiger partial charge >= 0.3 is 0 Å². The van der Waals surface area contributed by atoms with Crippen molar-refractivity contribution in [1.82, 2.24) is 0 Å². The van der Waals surface area contributed by atoms with Gasteiger partial charge in [0.2, 0.25) is 0 Å². The van der Waals surface area contributed by atoms with Gasteiger partial charge in [0, 0.05) is 6.42 Å². The van der Waals surface area contributed by atoms with E-state index in [-0.39, 0.29) is 24.2 Å². The first-order valence-corrected chi connectivity index (χ1v) is 12.3. The van der Waals surface area contributed by atoms with E-state index in [2.05, 4.69) is 0 Å². The second kappa shape index (κ2) is 11.7. The number of aliphatic hydroxyl groups is 6. The van der Waals surface area contributed by atoms with E-state index in [1.165, 1.54) is 18.2 Å². The van der Waals surface area contributed by atoms with Crippen LogP contribution in [-0.4, -0.2) is 114 Å². The van der Waals surface area contributed by atoms with Crippen LogP contribution >= 0.6 is 0 Å². The van der Waals surface area contributed by atoms with Crippen LogP contribution in [0.1, 0.15) is 34.0 Å². The first kappa shape index (κ1) is 29.1. The number of benzene rings is 2. The number of rotatable bonds is 9. The van der Waals surface area contributed by atoms with Crippen LogP contribution in [0.4, 0.5) is 0 Å². The highest BCUT2D eigenvalue weighted by Crippen LogP contribution is 2.45. The van der Waals surface area contributed by atoms with Gasteiger partial charge in [0.25, 0.3) is 0 Å². The molecule has 8 atom stereocenters. The molecule has 13 nitrogen and oxygen atoms in total. The summed E-state index contributed by atoms with van der Waals surface area (Å²) in [4.78, 5) is 13.0. The lowest BCUT2D eigenvalue weighted by molar-refractivity contribution is -0.287. The number of carbonyl (C=O) groups excluding carboxylic acids is 1. The van der Waals surface area contributed by atoms with Gasteiger partial charge in [0.05, 0.1) is 30.9 Å². The molecular formula is C26H32O13. The molecule has 0 spiro atoms. The zero-order valence-electron chi connectivity index (χ0n) is 20.7. The van der Waals surface area contributed by atoms with Crippen LogP contribution in [0, 0.1) is 0 Å². The van der Waals surface area contributed by atoms with Gasteiger partial charge in [-0.3, -0.25) is 4.79 Å². The molecule has 8 unspecified atom stereocenters. The van der Waals surface area contributed by atoms with Crippen LogP contribution in [0.25, 0.3) is 0 Å². The Balaban J connectivity index is 1.64. The average Bonchev–Trinajstić information content (AvgIpc) is 3.20. The molecule has 9 N–H and O–H groups in total. The van der Waals surface area contributed by atoms with Crippen molar-refractivity contribution < 1.29 is 65.0 Å². The quantitative estimate of drug-likeness (QED) is 0.163. The molecule has 0 amide bonds. The Morgan fingerprint density at radius 3 is 2.44 bits per heavy atom. The summed E-state index contributed by atoms with van der Waals surface area (Å²) in [7, 11) is 0. The van der Waals surface area contributed by atoms with Crippen LogP contribution in [0.3, 0.4) is 0 Å². The van der Waals surface area contributed by atoms with E-state index in [4.69, 9.17) is 14.2 Å². The van der Waals surface area contributed by atoms with Crippen molar-refractivity contribution >= 4 is 5.78 Å². The Labute approximate surface area is 222 Å². The van der Waals surface area contributed by atoms with Crippen LogP contribution in [0.15, 0.2) is 36.4 Å². The summed E-state index contributed by atoms with van der Waals surface area (Å²) in [6.45, 7) is -2.16. The Morgan fingerprint density at radius 2 is 1.79 bits per heavy atom. The van der Waals surface area contributed by atoms with Gasteiger partial charge in [-0.1, -0.05) is 12.1 Å².